The predicted molar refractivity (Wildman–Crippen MR) is 37.4 cm³/mol. The van der Waals surface area contributed by atoms with Crippen LogP contribution >= 0.6 is 0 Å². The number of carboxylic acid groups (broad SMARTS) is 1. The van der Waals surface area contributed by atoms with E-state index < -0.39 is 36.5 Å². The van der Waals surface area contributed by atoms with Gasteiger partial charge in [0.05, 0.1) is 12.1 Å². The van der Waals surface area contributed by atoms with Crippen molar-refractivity contribution in [1.29, 1.82) is 0 Å². The number of ether oxygens (including phenoxy) is 1. The number of aliphatic hydroxyl groups excluding tert-OH is 3. The van der Waals surface area contributed by atoms with E-state index in [4.69, 9.17) is 20.1 Å². The van der Waals surface area contributed by atoms with Gasteiger partial charge in [-0.05, 0) is 6.92 Å². The Morgan fingerprint density at radius 3 is 2.14 bits per heavy atom. The minimum absolute atomic E-state index is 0. The molecule has 0 aromatic carbocycles. The molecule has 1 aliphatic heterocycles. The number of carbonyl (C=O) groups is 1. The molecule has 1 fully saturated rings. The van der Waals surface area contributed by atoms with E-state index in [2.05, 4.69) is 0 Å². The van der Waals surface area contributed by atoms with Crippen molar-refractivity contribution < 1.29 is 59.5 Å². The molecule has 2 unspecified atom stereocenters. The van der Waals surface area contributed by atoms with Gasteiger partial charge in [-0.25, -0.2) is 0 Å². The van der Waals surface area contributed by atoms with E-state index in [-0.39, 0.29) is 29.6 Å². The second-order valence-electron chi connectivity index (χ2n) is 3.05. The van der Waals surface area contributed by atoms with E-state index in [1.165, 1.54) is 6.92 Å². The van der Waals surface area contributed by atoms with Crippen molar-refractivity contribution in [3.05, 3.63) is 0 Å². The topological polar surface area (TPSA) is 110 Å². The van der Waals surface area contributed by atoms with Crippen LogP contribution in [0.2, 0.25) is 0 Å². The summed E-state index contributed by atoms with van der Waals surface area (Å²) in [5, 5.41) is 37.8. The number of aliphatic carboxylic acids is 1. The van der Waals surface area contributed by atoms with Crippen LogP contribution in [0.25, 0.3) is 0 Å². The molecule has 0 spiro atoms. The van der Waals surface area contributed by atoms with E-state index >= 15 is 0 Å². The zero-order valence-corrected chi connectivity index (χ0v) is 9.95. The number of hydrogen-bond donors (Lipinski definition) is 3. The summed E-state index contributed by atoms with van der Waals surface area (Å²) in [6, 6.07) is 0. The molecule has 0 saturated carbocycles. The Morgan fingerprint density at radius 2 is 1.71 bits per heavy atom. The van der Waals surface area contributed by atoms with Gasteiger partial charge >= 0.3 is 29.6 Å². The molecule has 6 nitrogen and oxygen atoms in total. The maximum absolute atomic E-state index is 10.4. The standard InChI is InChI=1S/C7H12O6.Na/c1-2-3(8)4(9)5(10)6(13-2)7(11)12;/h2-6,8-10H,1H3,(H,11,12);/q;+1/p-1/t2-,3?,4-,5-,6?;/m0./s1. The van der Waals surface area contributed by atoms with Crippen LogP contribution in [0.4, 0.5) is 0 Å². The number of carbonyl (C=O) groups excluding carboxylic acids is 1. The first-order valence-corrected chi connectivity index (χ1v) is 3.85. The van der Waals surface area contributed by atoms with Crippen molar-refractivity contribution in [3.8, 4) is 0 Å². The van der Waals surface area contributed by atoms with Crippen molar-refractivity contribution in [3.63, 3.8) is 0 Å². The van der Waals surface area contributed by atoms with Gasteiger partial charge in [-0.15, -0.1) is 0 Å². The molecule has 1 saturated heterocycles. The van der Waals surface area contributed by atoms with Crippen LogP contribution in [0.1, 0.15) is 6.92 Å². The molecule has 0 aromatic heterocycles. The molecule has 1 heterocycles. The fraction of sp³-hybridized carbons (Fsp3) is 0.857. The average molecular weight is 214 g/mol. The maximum Gasteiger partial charge on any atom is 1.00 e. The summed E-state index contributed by atoms with van der Waals surface area (Å²) in [4.78, 5) is 10.4. The van der Waals surface area contributed by atoms with Crippen molar-refractivity contribution in [1.82, 2.24) is 0 Å². The van der Waals surface area contributed by atoms with Crippen molar-refractivity contribution in [2.45, 2.75) is 37.4 Å². The summed E-state index contributed by atoms with van der Waals surface area (Å²) in [6.45, 7) is 1.40. The number of aliphatic hydroxyl groups is 3. The Labute approximate surface area is 103 Å². The smallest absolute Gasteiger partial charge is 0.547 e. The van der Waals surface area contributed by atoms with Crippen LogP contribution in [0.3, 0.4) is 0 Å². The summed E-state index contributed by atoms with van der Waals surface area (Å²) in [6.07, 6.45) is -6.90. The summed E-state index contributed by atoms with van der Waals surface area (Å²) >= 11 is 0. The molecule has 7 heteroatoms. The first kappa shape index (κ1) is 14.3. The fourth-order valence-electron chi connectivity index (χ4n) is 1.25. The molecular weight excluding hydrogens is 203 g/mol. The van der Waals surface area contributed by atoms with E-state index in [0.717, 1.165) is 0 Å². The third kappa shape index (κ3) is 2.66. The van der Waals surface area contributed by atoms with Crippen LogP contribution < -0.4 is 34.7 Å². The normalized spacial score (nSPS) is 42.7. The monoisotopic (exact) mass is 214 g/mol. The minimum Gasteiger partial charge on any atom is -0.547 e. The number of rotatable bonds is 1. The van der Waals surface area contributed by atoms with Crippen molar-refractivity contribution in [2.24, 2.45) is 0 Å². The summed E-state index contributed by atoms with van der Waals surface area (Å²) in [7, 11) is 0. The average Bonchev–Trinajstić information content (AvgIpc) is 2.07. The SMILES string of the molecule is C[C@@H]1OC(C(=O)[O-])[C@@H](O)[C@@H](O)C1O.[Na+]. The molecule has 0 bridgehead atoms. The molecule has 0 aliphatic carbocycles. The van der Waals surface area contributed by atoms with E-state index in [0.29, 0.717) is 0 Å². The zero-order valence-electron chi connectivity index (χ0n) is 7.95. The molecule has 5 atom stereocenters. The Bertz CT molecular complexity index is 210. The van der Waals surface area contributed by atoms with Gasteiger partial charge in [0, 0.05) is 0 Å². The van der Waals surface area contributed by atoms with Gasteiger partial charge in [-0.3, -0.25) is 0 Å². The largest absolute Gasteiger partial charge is 1.00 e. The van der Waals surface area contributed by atoms with Gasteiger partial charge in [-0.1, -0.05) is 0 Å². The molecule has 3 N–H and O–H groups in total. The van der Waals surface area contributed by atoms with Gasteiger partial charge in [0.15, 0.2) is 0 Å². The van der Waals surface area contributed by atoms with Crippen LogP contribution in [0.15, 0.2) is 0 Å². The second-order valence-corrected chi connectivity index (χ2v) is 3.05. The summed E-state index contributed by atoms with van der Waals surface area (Å²) in [5.74, 6) is -1.61. The van der Waals surface area contributed by atoms with Gasteiger partial charge in [0.25, 0.3) is 0 Å². The van der Waals surface area contributed by atoms with E-state index in [1.54, 1.807) is 0 Å². The molecule has 14 heavy (non-hydrogen) atoms. The van der Waals surface area contributed by atoms with Crippen LogP contribution in [-0.2, 0) is 9.53 Å². The quantitative estimate of drug-likeness (QED) is 0.374. The first-order valence-electron chi connectivity index (χ1n) is 3.85. The molecule has 0 amide bonds. The van der Waals surface area contributed by atoms with Gasteiger partial charge in [0.1, 0.15) is 24.4 Å². The molecule has 76 valence electrons. The first-order chi connectivity index (χ1) is 5.95. The van der Waals surface area contributed by atoms with Gasteiger partial charge < -0.3 is 30.0 Å². The second kappa shape index (κ2) is 5.41. The number of hydrogen-bond acceptors (Lipinski definition) is 6. The van der Waals surface area contributed by atoms with Crippen LogP contribution in [0, 0.1) is 0 Å². The minimum atomic E-state index is -1.66. The summed E-state index contributed by atoms with van der Waals surface area (Å²) < 4.78 is 4.72. The van der Waals surface area contributed by atoms with Gasteiger partial charge in [-0.2, -0.15) is 0 Å². The number of carboxylic acids is 1. The Morgan fingerprint density at radius 1 is 1.21 bits per heavy atom. The summed E-state index contributed by atoms with van der Waals surface area (Å²) in [5.41, 5.74) is 0. The van der Waals surface area contributed by atoms with Crippen molar-refractivity contribution >= 4 is 5.97 Å². The third-order valence-electron chi connectivity index (χ3n) is 2.08. The van der Waals surface area contributed by atoms with Crippen LogP contribution in [0.5, 0.6) is 0 Å². The molecular formula is C7H11NaO6. The van der Waals surface area contributed by atoms with E-state index in [1.807, 2.05) is 0 Å². The fourth-order valence-corrected chi connectivity index (χ4v) is 1.25. The molecule has 1 rings (SSSR count). The molecule has 1 aliphatic rings. The Kier molecular flexibility index (Phi) is 5.53. The van der Waals surface area contributed by atoms with E-state index in [9.17, 15) is 9.90 Å². The zero-order chi connectivity index (χ0) is 10.2. The third-order valence-corrected chi connectivity index (χ3v) is 2.08. The van der Waals surface area contributed by atoms with Crippen LogP contribution in [-0.4, -0.2) is 51.8 Å². The molecule has 0 radical (unpaired) electrons. The molecule has 0 aromatic rings. The Balaban J connectivity index is 0.00000169. The van der Waals surface area contributed by atoms with Crippen molar-refractivity contribution in [2.75, 3.05) is 0 Å². The van der Waals surface area contributed by atoms with Gasteiger partial charge in [0.2, 0.25) is 0 Å². The predicted octanol–water partition coefficient (Wildman–Crippen LogP) is -6.39. The Hall–Kier alpha value is 0.310. The maximum atomic E-state index is 10.4.